The highest BCUT2D eigenvalue weighted by Crippen LogP contribution is 2.29. The minimum Gasteiger partial charge on any atom is -0.487 e. The van der Waals surface area contributed by atoms with Crippen LogP contribution in [0.2, 0.25) is 15.1 Å². The van der Waals surface area contributed by atoms with Gasteiger partial charge in [0.05, 0.1) is 5.02 Å². The largest absolute Gasteiger partial charge is 0.487 e. The minimum atomic E-state index is 0.264. The van der Waals surface area contributed by atoms with Gasteiger partial charge in [-0.2, -0.15) is 0 Å². The van der Waals surface area contributed by atoms with E-state index in [-0.39, 0.29) is 6.61 Å². The molecule has 0 atom stereocenters. The van der Waals surface area contributed by atoms with Crippen molar-refractivity contribution in [1.29, 1.82) is 0 Å². The third-order valence-corrected chi connectivity index (χ3v) is 3.67. The molecule has 0 saturated heterocycles. The van der Waals surface area contributed by atoms with Gasteiger partial charge in [-0.25, -0.2) is 0 Å². The summed E-state index contributed by atoms with van der Waals surface area (Å²) in [4.78, 5) is 0. The van der Waals surface area contributed by atoms with Crippen molar-refractivity contribution >= 4 is 34.8 Å². The summed E-state index contributed by atoms with van der Waals surface area (Å²) in [5.74, 6) is 0.579. The smallest absolute Gasteiger partial charge is 0.138 e. The Morgan fingerprint density at radius 1 is 0.947 bits per heavy atom. The van der Waals surface area contributed by atoms with Crippen molar-refractivity contribution in [2.24, 2.45) is 5.73 Å². The number of rotatable bonds is 4. The zero-order chi connectivity index (χ0) is 13.8. The van der Waals surface area contributed by atoms with E-state index >= 15 is 0 Å². The van der Waals surface area contributed by atoms with Crippen LogP contribution >= 0.6 is 34.8 Å². The fourth-order valence-electron chi connectivity index (χ4n) is 1.61. The van der Waals surface area contributed by atoms with E-state index in [4.69, 9.17) is 45.3 Å². The van der Waals surface area contributed by atoms with Crippen molar-refractivity contribution in [2.75, 3.05) is 0 Å². The van der Waals surface area contributed by atoms with E-state index in [9.17, 15) is 0 Å². The topological polar surface area (TPSA) is 35.2 Å². The molecule has 2 nitrogen and oxygen atoms in total. The number of halogens is 3. The summed E-state index contributed by atoms with van der Waals surface area (Å²) >= 11 is 18.2. The Labute approximate surface area is 127 Å². The standard InChI is InChI=1S/C14H12Cl3NO/c15-11-2-1-3-12(16)10(11)8-19-14-5-4-9(7-18)6-13(14)17/h1-6H,7-8,18H2. The second-order valence-corrected chi connectivity index (χ2v) is 5.18. The molecule has 0 amide bonds. The van der Waals surface area contributed by atoms with E-state index < -0.39 is 0 Å². The van der Waals surface area contributed by atoms with Crippen LogP contribution in [0.4, 0.5) is 0 Å². The van der Waals surface area contributed by atoms with Crippen LogP contribution in [0, 0.1) is 0 Å². The number of nitrogens with two attached hydrogens (primary N) is 1. The van der Waals surface area contributed by atoms with Crippen LogP contribution in [0.5, 0.6) is 5.75 Å². The highest BCUT2D eigenvalue weighted by molar-refractivity contribution is 6.36. The molecule has 0 aromatic heterocycles. The SMILES string of the molecule is NCc1ccc(OCc2c(Cl)cccc2Cl)c(Cl)c1. The zero-order valence-corrected chi connectivity index (χ0v) is 12.3. The van der Waals surface area contributed by atoms with Crippen LogP contribution in [-0.4, -0.2) is 0 Å². The molecule has 2 rings (SSSR count). The second kappa shape index (κ2) is 6.49. The van der Waals surface area contributed by atoms with Gasteiger partial charge in [-0.3, -0.25) is 0 Å². The van der Waals surface area contributed by atoms with E-state index in [1.807, 2.05) is 6.07 Å². The Kier molecular flexibility index (Phi) is 4.94. The first-order valence-corrected chi connectivity index (χ1v) is 6.79. The Morgan fingerprint density at radius 3 is 2.21 bits per heavy atom. The molecule has 0 fully saturated rings. The molecule has 0 aliphatic rings. The average Bonchev–Trinajstić information content (AvgIpc) is 2.39. The number of hydrogen-bond donors (Lipinski definition) is 1. The molecular formula is C14H12Cl3NO. The molecule has 2 aromatic carbocycles. The zero-order valence-electron chi connectivity index (χ0n) is 10.00. The van der Waals surface area contributed by atoms with Gasteiger partial charge in [0.25, 0.3) is 0 Å². The lowest BCUT2D eigenvalue weighted by molar-refractivity contribution is 0.306. The van der Waals surface area contributed by atoms with Crippen molar-refractivity contribution < 1.29 is 4.74 Å². The third kappa shape index (κ3) is 3.54. The lowest BCUT2D eigenvalue weighted by Gasteiger charge is -2.11. The predicted octanol–water partition coefficient (Wildman–Crippen LogP) is 4.68. The molecule has 0 bridgehead atoms. The van der Waals surface area contributed by atoms with Gasteiger partial charge in [0, 0.05) is 22.2 Å². The average molecular weight is 317 g/mol. The summed E-state index contributed by atoms with van der Waals surface area (Å²) in [5, 5.41) is 1.66. The molecule has 0 saturated carbocycles. The van der Waals surface area contributed by atoms with E-state index in [0.717, 1.165) is 11.1 Å². The summed E-state index contributed by atoms with van der Waals surface area (Å²) in [5.41, 5.74) is 7.23. The Bertz CT molecular complexity index is 567. The number of ether oxygens (including phenoxy) is 1. The van der Waals surface area contributed by atoms with Gasteiger partial charge in [0.1, 0.15) is 12.4 Å². The second-order valence-electron chi connectivity index (χ2n) is 3.96. The maximum absolute atomic E-state index is 6.11. The summed E-state index contributed by atoms with van der Waals surface area (Å²) in [6.07, 6.45) is 0. The maximum Gasteiger partial charge on any atom is 0.138 e. The molecule has 2 N–H and O–H groups in total. The minimum absolute atomic E-state index is 0.264. The van der Waals surface area contributed by atoms with Gasteiger partial charge in [-0.15, -0.1) is 0 Å². The molecular weight excluding hydrogens is 305 g/mol. The Hall–Kier alpha value is -0.930. The lowest BCUT2D eigenvalue weighted by atomic mass is 10.2. The first-order valence-electron chi connectivity index (χ1n) is 5.66. The summed E-state index contributed by atoms with van der Waals surface area (Å²) in [6, 6.07) is 10.8. The van der Waals surface area contributed by atoms with Crippen LogP contribution < -0.4 is 10.5 Å². The molecule has 100 valence electrons. The van der Waals surface area contributed by atoms with Gasteiger partial charge in [-0.05, 0) is 29.8 Å². The molecule has 19 heavy (non-hydrogen) atoms. The normalized spacial score (nSPS) is 10.5. The summed E-state index contributed by atoms with van der Waals surface area (Å²) < 4.78 is 5.64. The Morgan fingerprint density at radius 2 is 1.63 bits per heavy atom. The van der Waals surface area contributed by atoms with E-state index in [2.05, 4.69) is 0 Å². The number of benzene rings is 2. The maximum atomic E-state index is 6.11. The van der Waals surface area contributed by atoms with Crippen molar-refractivity contribution in [1.82, 2.24) is 0 Å². The van der Waals surface area contributed by atoms with Crippen LogP contribution in [0.1, 0.15) is 11.1 Å². The molecule has 2 aromatic rings. The van der Waals surface area contributed by atoms with Gasteiger partial charge in [0.2, 0.25) is 0 Å². The molecule has 0 aliphatic heterocycles. The molecule has 0 unspecified atom stereocenters. The predicted molar refractivity (Wildman–Crippen MR) is 80.1 cm³/mol. The van der Waals surface area contributed by atoms with Crippen LogP contribution in [0.3, 0.4) is 0 Å². The Balaban J connectivity index is 2.15. The molecule has 0 heterocycles. The van der Waals surface area contributed by atoms with Crippen molar-refractivity contribution in [3.05, 3.63) is 62.6 Å². The van der Waals surface area contributed by atoms with Crippen molar-refractivity contribution in [3.8, 4) is 5.75 Å². The first kappa shape index (κ1) is 14.5. The van der Waals surface area contributed by atoms with Crippen molar-refractivity contribution in [3.63, 3.8) is 0 Å². The van der Waals surface area contributed by atoms with Crippen LogP contribution in [0.25, 0.3) is 0 Å². The highest BCUT2D eigenvalue weighted by atomic mass is 35.5. The third-order valence-electron chi connectivity index (χ3n) is 2.67. The lowest BCUT2D eigenvalue weighted by Crippen LogP contribution is -2.00. The van der Waals surface area contributed by atoms with Gasteiger partial charge in [0.15, 0.2) is 0 Å². The van der Waals surface area contributed by atoms with E-state index in [1.165, 1.54) is 0 Å². The quantitative estimate of drug-likeness (QED) is 0.888. The van der Waals surface area contributed by atoms with Crippen LogP contribution in [0.15, 0.2) is 36.4 Å². The van der Waals surface area contributed by atoms with E-state index in [1.54, 1.807) is 30.3 Å². The number of hydrogen-bond acceptors (Lipinski definition) is 2. The molecule has 0 spiro atoms. The van der Waals surface area contributed by atoms with Crippen molar-refractivity contribution in [2.45, 2.75) is 13.2 Å². The fraction of sp³-hybridized carbons (Fsp3) is 0.143. The van der Waals surface area contributed by atoms with Gasteiger partial charge >= 0.3 is 0 Å². The first-order chi connectivity index (χ1) is 9.11. The van der Waals surface area contributed by atoms with E-state index in [0.29, 0.717) is 27.4 Å². The fourth-order valence-corrected chi connectivity index (χ4v) is 2.37. The summed E-state index contributed by atoms with van der Waals surface area (Å²) in [7, 11) is 0. The highest BCUT2D eigenvalue weighted by Gasteiger charge is 2.08. The van der Waals surface area contributed by atoms with Gasteiger partial charge in [-0.1, -0.05) is 46.9 Å². The summed E-state index contributed by atoms with van der Waals surface area (Å²) in [6.45, 7) is 0.705. The molecule has 5 heteroatoms. The molecule has 0 radical (unpaired) electrons. The van der Waals surface area contributed by atoms with Crippen LogP contribution in [-0.2, 0) is 13.2 Å². The monoisotopic (exact) mass is 315 g/mol. The molecule has 0 aliphatic carbocycles. The van der Waals surface area contributed by atoms with Gasteiger partial charge < -0.3 is 10.5 Å².